The molecule has 2 aromatic carbocycles. The van der Waals surface area contributed by atoms with Crippen molar-refractivity contribution in [2.24, 2.45) is 0 Å². The van der Waals surface area contributed by atoms with Crippen LogP contribution in [0, 0.1) is 18.6 Å². The number of hydrogen-bond donors (Lipinski definition) is 0. The van der Waals surface area contributed by atoms with Crippen molar-refractivity contribution < 1.29 is 13.6 Å². The van der Waals surface area contributed by atoms with Crippen LogP contribution >= 0.6 is 0 Å². The van der Waals surface area contributed by atoms with E-state index >= 15 is 0 Å². The van der Waals surface area contributed by atoms with Crippen molar-refractivity contribution in [2.75, 3.05) is 18.5 Å². The van der Waals surface area contributed by atoms with Gasteiger partial charge in [0, 0.05) is 18.3 Å². The summed E-state index contributed by atoms with van der Waals surface area (Å²) in [5.41, 5.74) is 2.17. The van der Waals surface area contributed by atoms with Gasteiger partial charge in [-0.3, -0.25) is 4.79 Å². The minimum absolute atomic E-state index is 0.106. The van der Waals surface area contributed by atoms with E-state index in [1.807, 2.05) is 31.2 Å². The highest BCUT2D eigenvalue weighted by atomic mass is 19.2. The van der Waals surface area contributed by atoms with Crippen LogP contribution in [0.1, 0.15) is 15.9 Å². The Labute approximate surface area is 116 Å². The fourth-order valence-corrected chi connectivity index (χ4v) is 1.93. The Morgan fingerprint density at radius 1 is 1.10 bits per heavy atom. The normalized spacial score (nSPS) is 10.4. The summed E-state index contributed by atoms with van der Waals surface area (Å²) in [6.45, 7) is 2.07. The zero-order chi connectivity index (χ0) is 14.7. The first-order valence-electron chi connectivity index (χ1n) is 6.23. The van der Waals surface area contributed by atoms with Gasteiger partial charge in [-0.15, -0.1) is 0 Å². The number of carbonyl (C=O) groups excluding carboxylic acids is 1. The molecule has 0 unspecified atom stereocenters. The molecule has 4 heteroatoms. The Morgan fingerprint density at radius 2 is 1.85 bits per heavy atom. The van der Waals surface area contributed by atoms with Crippen LogP contribution in [0.25, 0.3) is 0 Å². The predicted octanol–water partition coefficient (Wildman–Crippen LogP) is 3.59. The molecule has 0 heterocycles. The largest absolute Gasteiger partial charge is 0.367 e. The third-order valence-corrected chi connectivity index (χ3v) is 3.06. The van der Waals surface area contributed by atoms with Crippen molar-refractivity contribution >= 4 is 11.5 Å². The first-order chi connectivity index (χ1) is 9.47. The van der Waals surface area contributed by atoms with Crippen LogP contribution in [0.2, 0.25) is 0 Å². The second kappa shape index (κ2) is 5.82. The molecular weight excluding hydrogens is 260 g/mol. The summed E-state index contributed by atoms with van der Waals surface area (Å²) in [5.74, 6) is -2.21. The number of likely N-dealkylation sites (N-methyl/N-ethyl adjacent to an activating group) is 1. The maximum atomic E-state index is 13.1. The maximum Gasteiger partial charge on any atom is 0.182 e. The molecule has 0 aliphatic rings. The molecule has 0 aromatic heterocycles. The molecule has 0 aliphatic heterocycles. The smallest absolute Gasteiger partial charge is 0.182 e. The molecule has 0 fully saturated rings. The Bertz CT molecular complexity index is 640. The zero-order valence-electron chi connectivity index (χ0n) is 11.4. The Kier molecular flexibility index (Phi) is 4.13. The van der Waals surface area contributed by atoms with E-state index in [-0.39, 0.29) is 17.9 Å². The molecule has 0 saturated heterocycles. The molecular formula is C16H15F2NO. The van der Waals surface area contributed by atoms with E-state index in [1.54, 1.807) is 11.9 Å². The van der Waals surface area contributed by atoms with E-state index < -0.39 is 11.6 Å². The molecule has 0 N–H and O–H groups in total. The number of anilines is 1. The van der Waals surface area contributed by atoms with Gasteiger partial charge in [-0.05, 0) is 42.8 Å². The number of halogens is 2. The lowest BCUT2D eigenvalue weighted by atomic mass is 10.1. The summed E-state index contributed by atoms with van der Waals surface area (Å²) >= 11 is 0. The summed E-state index contributed by atoms with van der Waals surface area (Å²) in [6.07, 6.45) is 0. The van der Waals surface area contributed by atoms with Crippen molar-refractivity contribution in [1.29, 1.82) is 0 Å². The van der Waals surface area contributed by atoms with Gasteiger partial charge in [0.1, 0.15) is 0 Å². The molecule has 0 radical (unpaired) electrons. The monoisotopic (exact) mass is 275 g/mol. The summed E-state index contributed by atoms with van der Waals surface area (Å²) < 4.78 is 25.9. The van der Waals surface area contributed by atoms with Gasteiger partial charge < -0.3 is 4.90 Å². The van der Waals surface area contributed by atoms with Gasteiger partial charge >= 0.3 is 0 Å². The van der Waals surface area contributed by atoms with E-state index in [9.17, 15) is 13.6 Å². The zero-order valence-corrected chi connectivity index (χ0v) is 11.4. The van der Waals surface area contributed by atoms with Crippen LogP contribution in [0.4, 0.5) is 14.5 Å². The first kappa shape index (κ1) is 14.2. The number of nitrogens with zero attached hydrogens (tertiary/aromatic N) is 1. The molecule has 0 bridgehead atoms. The van der Waals surface area contributed by atoms with Crippen molar-refractivity contribution in [3.8, 4) is 0 Å². The number of Topliss-reactive ketones (excluding diaryl/α,β-unsaturated/α-hetero) is 1. The Balaban J connectivity index is 2.13. The molecule has 0 aliphatic carbocycles. The second-order valence-corrected chi connectivity index (χ2v) is 4.75. The molecule has 0 spiro atoms. The van der Waals surface area contributed by atoms with E-state index in [2.05, 4.69) is 0 Å². The minimum atomic E-state index is -1.01. The fourth-order valence-electron chi connectivity index (χ4n) is 1.93. The summed E-state index contributed by atoms with van der Waals surface area (Å²) in [6, 6.07) is 10.9. The number of benzene rings is 2. The van der Waals surface area contributed by atoms with Crippen LogP contribution in [-0.4, -0.2) is 19.4 Å². The summed E-state index contributed by atoms with van der Waals surface area (Å²) in [7, 11) is 1.78. The van der Waals surface area contributed by atoms with Crippen LogP contribution in [0.15, 0.2) is 42.5 Å². The van der Waals surface area contributed by atoms with E-state index in [0.29, 0.717) is 0 Å². The fraction of sp³-hybridized carbons (Fsp3) is 0.188. The van der Waals surface area contributed by atoms with Crippen LogP contribution in [-0.2, 0) is 0 Å². The van der Waals surface area contributed by atoms with Crippen LogP contribution in [0.3, 0.4) is 0 Å². The number of hydrogen-bond acceptors (Lipinski definition) is 2. The van der Waals surface area contributed by atoms with Crippen molar-refractivity contribution in [3.63, 3.8) is 0 Å². The highest BCUT2D eigenvalue weighted by Crippen LogP contribution is 2.15. The van der Waals surface area contributed by atoms with Crippen LogP contribution in [0.5, 0.6) is 0 Å². The first-order valence-corrected chi connectivity index (χ1v) is 6.23. The maximum absolute atomic E-state index is 13.1. The average molecular weight is 275 g/mol. The average Bonchev–Trinajstić information content (AvgIpc) is 2.41. The minimum Gasteiger partial charge on any atom is -0.367 e. The van der Waals surface area contributed by atoms with Crippen molar-refractivity contribution in [3.05, 3.63) is 65.2 Å². The van der Waals surface area contributed by atoms with Crippen LogP contribution < -0.4 is 4.90 Å². The molecule has 2 aromatic rings. The third-order valence-electron chi connectivity index (χ3n) is 3.06. The third kappa shape index (κ3) is 3.20. The lowest BCUT2D eigenvalue weighted by molar-refractivity contribution is 0.1000. The van der Waals surface area contributed by atoms with Crippen molar-refractivity contribution in [1.82, 2.24) is 0 Å². The number of ketones is 1. The van der Waals surface area contributed by atoms with Crippen molar-refractivity contribution in [2.45, 2.75) is 6.92 Å². The van der Waals surface area contributed by atoms with Gasteiger partial charge in [-0.25, -0.2) is 8.78 Å². The lowest BCUT2D eigenvalue weighted by Crippen LogP contribution is -2.25. The second-order valence-electron chi connectivity index (χ2n) is 4.75. The standard InChI is InChI=1S/C16H15F2NO/c1-11-4-3-5-13(8-11)19(2)10-16(20)12-6-7-14(17)15(18)9-12/h3-9H,10H2,1-2H3. The Morgan fingerprint density at radius 3 is 2.50 bits per heavy atom. The molecule has 0 amide bonds. The molecule has 2 nitrogen and oxygen atoms in total. The quantitative estimate of drug-likeness (QED) is 0.795. The lowest BCUT2D eigenvalue weighted by Gasteiger charge is -2.19. The van der Waals surface area contributed by atoms with E-state index in [0.717, 1.165) is 23.4 Å². The molecule has 2 rings (SSSR count). The number of aryl methyl sites for hydroxylation is 1. The highest BCUT2D eigenvalue weighted by Gasteiger charge is 2.12. The molecule has 104 valence electrons. The van der Waals surface area contributed by atoms with Gasteiger partial charge in [-0.2, -0.15) is 0 Å². The van der Waals surface area contributed by atoms with Gasteiger partial charge in [0.2, 0.25) is 0 Å². The topological polar surface area (TPSA) is 20.3 Å². The highest BCUT2D eigenvalue weighted by molar-refractivity contribution is 5.99. The summed E-state index contributed by atoms with van der Waals surface area (Å²) in [4.78, 5) is 13.8. The van der Waals surface area contributed by atoms with E-state index in [1.165, 1.54) is 6.07 Å². The molecule has 0 saturated carbocycles. The van der Waals surface area contributed by atoms with E-state index in [4.69, 9.17) is 0 Å². The predicted molar refractivity (Wildman–Crippen MR) is 75.1 cm³/mol. The molecule has 20 heavy (non-hydrogen) atoms. The summed E-state index contributed by atoms with van der Waals surface area (Å²) in [5, 5.41) is 0. The molecule has 0 atom stereocenters. The number of rotatable bonds is 4. The van der Waals surface area contributed by atoms with Gasteiger partial charge in [0.25, 0.3) is 0 Å². The SMILES string of the molecule is Cc1cccc(N(C)CC(=O)c2ccc(F)c(F)c2)c1. The van der Waals surface area contributed by atoms with Gasteiger partial charge in [0.15, 0.2) is 17.4 Å². The van der Waals surface area contributed by atoms with Gasteiger partial charge in [-0.1, -0.05) is 12.1 Å². The van der Waals surface area contributed by atoms with Gasteiger partial charge in [0.05, 0.1) is 6.54 Å². The number of carbonyl (C=O) groups is 1. The Hall–Kier alpha value is -2.23.